The van der Waals surface area contributed by atoms with Crippen molar-refractivity contribution < 1.29 is 13.9 Å². The molecule has 0 atom stereocenters. The van der Waals surface area contributed by atoms with Gasteiger partial charge in [0.05, 0.1) is 16.3 Å². The monoisotopic (exact) mass is 509 g/mol. The molecule has 0 saturated heterocycles. The Hall–Kier alpha value is -3.34. The molecule has 1 aromatic heterocycles. The summed E-state index contributed by atoms with van der Waals surface area (Å²) in [7, 11) is -3.33. The van der Waals surface area contributed by atoms with Crippen molar-refractivity contribution in [2.45, 2.75) is 24.3 Å². The van der Waals surface area contributed by atoms with Gasteiger partial charge < -0.3 is 11.1 Å². The number of amides is 1. The summed E-state index contributed by atoms with van der Waals surface area (Å²) < 4.78 is 21.2. The number of aryl methyl sites for hydroxylation is 1. The molecule has 5 rings (SSSR count). The van der Waals surface area contributed by atoms with E-state index in [1.807, 2.05) is 30.3 Å². The average Bonchev–Trinajstić information content (AvgIpc) is 3.24. The van der Waals surface area contributed by atoms with E-state index >= 15 is 0 Å². The van der Waals surface area contributed by atoms with Gasteiger partial charge in [-0.15, -0.1) is 10.8 Å². The SMILES string of the molecule is NC(=O)c1nn(-c2ccc(S(N)(O)O)cc2)c2c1CCc1ccc(NCc3ccc(Cl)cc3)cc1-2. The van der Waals surface area contributed by atoms with Crippen LogP contribution in [0, 0.1) is 0 Å². The highest BCUT2D eigenvalue weighted by atomic mass is 35.5. The van der Waals surface area contributed by atoms with E-state index in [4.69, 9.17) is 22.5 Å². The molecule has 0 radical (unpaired) electrons. The van der Waals surface area contributed by atoms with Crippen molar-refractivity contribution in [3.8, 4) is 16.9 Å². The summed E-state index contributed by atoms with van der Waals surface area (Å²) >= 11 is 5.99. The minimum absolute atomic E-state index is 0.214. The first kappa shape index (κ1) is 23.4. The van der Waals surface area contributed by atoms with Gasteiger partial charge in [-0.2, -0.15) is 5.10 Å². The predicted molar refractivity (Wildman–Crippen MR) is 139 cm³/mol. The highest BCUT2D eigenvalue weighted by Gasteiger charge is 2.28. The molecule has 0 spiro atoms. The summed E-state index contributed by atoms with van der Waals surface area (Å²) in [6.07, 6.45) is 1.40. The van der Waals surface area contributed by atoms with Gasteiger partial charge in [-0.3, -0.25) is 13.9 Å². The van der Waals surface area contributed by atoms with E-state index in [2.05, 4.69) is 22.5 Å². The number of fused-ring (bicyclic) bond motifs is 3. The van der Waals surface area contributed by atoms with Crippen molar-refractivity contribution in [3.05, 3.63) is 94.1 Å². The molecule has 0 unspecified atom stereocenters. The molecule has 4 aromatic rings. The van der Waals surface area contributed by atoms with Crippen LogP contribution < -0.4 is 16.2 Å². The lowest BCUT2D eigenvalue weighted by Gasteiger charge is -2.26. The van der Waals surface area contributed by atoms with Crippen LogP contribution in [0.25, 0.3) is 16.9 Å². The molecule has 0 bridgehead atoms. The van der Waals surface area contributed by atoms with Gasteiger partial charge in [-0.05, 0) is 72.5 Å². The number of benzene rings is 3. The fraction of sp³-hybridized carbons (Fsp3) is 0.120. The van der Waals surface area contributed by atoms with Crippen LogP contribution >= 0.6 is 22.4 Å². The number of nitrogens with two attached hydrogens (primary N) is 2. The molecule has 180 valence electrons. The maximum Gasteiger partial charge on any atom is 0.269 e. The Bertz CT molecular complexity index is 1410. The lowest BCUT2D eigenvalue weighted by Crippen LogP contribution is -2.15. The predicted octanol–water partition coefficient (Wildman–Crippen LogP) is 4.99. The second kappa shape index (κ2) is 9.03. The van der Waals surface area contributed by atoms with E-state index in [-0.39, 0.29) is 10.6 Å². The van der Waals surface area contributed by atoms with Crippen LogP contribution in [0.4, 0.5) is 5.69 Å². The molecule has 1 heterocycles. The number of aromatic nitrogens is 2. The molecule has 1 amide bonds. The average molecular weight is 510 g/mol. The Morgan fingerprint density at radius 3 is 2.43 bits per heavy atom. The van der Waals surface area contributed by atoms with Gasteiger partial charge in [0.15, 0.2) is 5.69 Å². The first-order valence-corrected chi connectivity index (χ1v) is 12.9. The molecule has 35 heavy (non-hydrogen) atoms. The van der Waals surface area contributed by atoms with Crippen LogP contribution in [0.1, 0.15) is 27.2 Å². The third kappa shape index (κ3) is 4.64. The number of carbonyl (C=O) groups is 1. The van der Waals surface area contributed by atoms with Crippen molar-refractivity contribution in [3.63, 3.8) is 0 Å². The Morgan fingerprint density at radius 2 is 1.77 bits per heavy atom. The number of hydrogen-bond donors (Lipinski definition) is 5. The molecular formula is C25H24ClN5O3S. The molecule has 3 aromatic carbocycles. The largest absolute Gasteiger partial charge is 0.381 e. The van der Waals surface area contributed by atoms with Gasteiger partial charge in [0.25, 0.3) is 5.91 Å². The van der Waals surface area contributed by atoms with Crippen LogP contribution in [0.15, 0.2) is 71.6 Å². The molecule has 0 aliphatic heterocycles. The van der Waals surface area contributed by atoms with Crippen LogP contribution in [0.2, 0.25) is 5.02 Å². The number of nitrogens with zero attached hydrogens (tertiary/aromatic N) is 2. The minimum Gasteiger partial charge on any atom is -0.381 e. The van der Waals surface area contributed by atoms with Gasteiger partial charge in [-0.25, -0.2) is 9.82 Å². The Morgan fingerprint density at radius 1 is 1.06 bits per heavy atom. The van der Waals surface area contributed by atoms with E-state index in [1.54, 1.807) is 16.8 Å². The molecule has 0 fully saturated rings. The highest BCUT2D eigenvalue weighted by molar-refractivity contribution is 8.22. The Kier molecular flexibility index (Phi) is 6.04. The van der Waals surface area contributed by atoms with Crippen molar-refractivity contribution in [1.82, 2.24) is 9.78 Å². The fourth-order valence-electron chi connectivity index (χ4n) is 4.33. The summed E-state index contributed by atoms with van der Waals surface area (Å²) in [5.74, 6) is -0.590. The summed E-state index contributed by atoms with van der Waals surface area (Å²) in [6.45, 7) is 0.627. The van der Waals surface area contributed by atoms with Gasteiger partial charge in [0.2, 0.25) is 0 Å². The topological polar surface area (TPSA) is 139 Å². The van der Waals surface area contributed by atoms with Crippen molar-refractivity contribution in [2.75, 3.05) is 5.32 Å². The van der Waals surface area contributed by atoms with Crippen LogP contribution in [0.5, 0.6) is 0 Å². The van der Waals surface area contributed by atoms with Crippen LogP contribution in [-0.2, 0) is 19.4 Å². The number of primary amides is 1. The lowest BCUT2D eigenvalue weighted by atomic mass is 9.88. The highest BCUT2D eigenvalue weighted by Crippen LogP contribution is 2.41. The summed E-state index contributed by atoms with van der Waals surface area (Å²) in [5.41, 5.74) is 12.3. The van der Waals surface area contributed by atoms with E-state index in [9.17, 15) is 13.9 Å². The fourth-order valence-corrected chi connectivity index (χ4v) is 4.99. The van der Waals surface area contributed by atoms with E-state index in [0.29, 0.717) is 23.7 Å². The second-order valence-corrected chi connectivity index (χ2v) is 10.5. The summed E-state index contributed by atoms with van der Waals surface area (Å²) in [5, 5.41) is 14.1. The number of anilines is 1. The van der Waals surface area contributed by atoms with Gasteiger partial charge in [0.1, 0.15) is 0 Å². The van der Waals surface area contributed by atoms with Crippen molar-refractivity contribution in [2.24, 2.45) is 10.9 Å². The van der Waals surface area contributed by atoms with E-state index in [0.717, 1.165) is 40.1 Å². The molecule has 7 N–H and O–H groups in total. The quantitative estimate of drug-likeness (QED) is 0.248. The zero-order chi connectivity index (χ0) is 24.7. The smallest absolute Gasteiger partial charge is 0.269 e. The third-order valence-corrected chi connectivity index (χ3v) is 7.28. The number of hydrogen-bond acceptors (Lipinski definition) is 6. The normalized spacial score (nSPS) is 13.1. The van der Waals surface area contributed by atoms with Crippen molar-refractivity contribution >= 4 is 34.0 Å². The zero-order valence-corrected chi connectivity index (χ0v) is 20.2. The molecule has 0 saturated carbocycles. The van der Waals surface area contributed by atoms with Gasteiger partial charge in [-0.1, -0.05) is 29.8 Å². The van der Waals surface area contributed by atoms with E-state index in [1.165, 1.54) is 12.1 Å². The van der Waals surface area contributed by atoms with Crippen LogP contribution in [-0.4, -0.2) is 24.8 Å². The number of nitrogens with one attached hydrogen (secondary N) is 1. The van der Waals surface area contributed by atoms with Crippen LogP contribution in [0.3, 0.4) is 0 Å². The zero-order valence-electron chi connectivity index (χ0n) is 18.6. The molecule has 1 aliphatic carbocycles. The maximum absolute atomic E-state index is 12.2. The number of halogens is 1. The molecular weight excluding hydrogens is 486 g/mol. The lowest BCUT2D eigenvalue weighted by molar-refractivity contribution is 0.0994. The summed E-state index contributed by atoms with van der Waals surface area (Å²) in [6, 6.07) is 20.3. The Balaban J connectivity index is 1.55. The number of carbonyl (C=O) groups excluding carboxylic acids is 1. The van der Waals surface area contributed by atoms with Gasteiger partial charge >= 0.3 is 0 Å². The van der Waals surface area contributed by atoms with E-state index < -0.39 is 16.7 Å². The molecule has 1 aliphatic rings. The van der Waals surface area contributed by atoms with Gasteiger partial charge in [0, 0.05) is 28.4 Å². The summed E-state index contributed by atoms with van der Waals surface area (Å²) in [4.78, 5) is 12.4. The minimum atomic E-state index is -3.33. The third-order valence-electron chi connectivity index (χ3n) is 6.06. The first-order valence-electron chi connectivity index (χ1n) is 10.9. The standard InChI is InChI=1S/C25H24ClN5O3S/c26-17-5-1-15(2-6-17)14-29-18-7-3-16-4-12-21-23(25(27)32)30-31(24(21)22(16)13-18)19-8-10-20(11-9-19)35(28,33)34/h1-3,5-11,13,29,33-34H,4,12,14,28H2,(H2,27,32). The molecule has 8 nitrogen and oxygen atoms in total. The van der Waals surface area contributed by atoms with Crippen molar-refractivity contribution in [1.29, 1.82) is 0 Å². The molecule has 10 heteroatoms. The number of rotatable bonds is 6. The second-order valence-electron chi connectivity index (χ2n) is 8.39. The maximum atomic E-state index is 12.2. The first-order chi connectivity index (χ1) is 16.7. The Labute approximate surface area is 209 Å².